The summed E-state index contributed by atoms with van der Waals surface area (Å²) < 4.78 is 29.8. The lowest BCUT2D eigenvalue weighted by Gasteiger charge is -2.16. The maximum atomic E-state index is 12.1. The Kier molecular flexibility index (Phi) is 5.03. The van der Waals surface area contributed by atoms with E-state index in [1.807, 2.05) is 0 Å². The quantitative estimate of drug-likeness (QED) is 0.889. The van der Waals surface area contributed by atoms with Crippen molar-refractivity contribution >= 4 is 39.2 Å². The van der Waals surface area contributed by atoms with Crippen molar-refractivity contribution in [2.45, 2.75) is 4.90 Å². The van der Waals surface area contributed by atoms with Crippen LogP contribution in [0, 0.1) is 0 Å². The number of carboxylic acids is 1. The zero-order chi connectivity index (χ0) is 14.8. The molecule has 106 valence electrons. The normalized spacial score (nSPS) is 11.6. The number of halogens is 2. The van der Waals surface area contributed by atoms with Gasteiger partial charge in [0.2, 0.25) is 10.0 Å². The van der Waals surface area contributed by atoms with Crippen LogP contribution in [0.3, 0.4) is 0 Å². The molecule has 0 saturated carbocycles. The molecular weight excluding hydrogens is 317 g/mol. The first-order valence-electron chi connectivity index (χ1n) is 4.91. The summed E-state index contributed by atoms with van der Waals surface area (Å²) in [5.41, 5.74) is 0. The SMILES string of the molecule is COc1cc(Cl)c(S(=O)(=O)N(C)CC(=O)O)cc1Cl. The van der Waals surface area contributed by atoms with E-state index in [1.165, 1.54) is 13.2 Å². The van der Waals surface area contributed by atoms with Crippen LogP contribution in [0.1, 0.15) is 0 Å². The van der Waals surface area contributed by atoms with Gasteiger partial charge in [-0.3, -0.25) is 4.79 Å². The number of aliphatic carboxylic acids is 1. The first kappa shape index (κ1) is 16.0. The van der Waals surface area contributed by atoms with Crippen LogP contribution in [0.4, 0.5) is 0 Å². The van der Waals surface area contributed by atoms with Crippen LogP contribution in [-0.2, 0) is 14.8 Å². The van der Waals surface area contributed by atoms with Gasteiger partial charge in [-0.1, -0.05) is 23.2 Å². The van der Waals surface area contributed by atoms with Gasteiger partial charge >= 0.3 is 5.97 Å². The van der Waals surface area contributed by atoms with Gasteiger partial charge in [0.15, 0.2) is 0 Å². The van der Waals surface area contributed by atoms with Crippen LogP contribution < -0.4 is 4.74 Å². The molecule has 0 amide bonds. The highest BCUT2D eigenvalue weighted by molar-refractivity contribution is 7.89. The standard InChI is InChI=1S/C10H11Cl2NO5S/c1-13(5-10(14)15)19(16,17)9-4-6(11)8(18-2)3-7(9)12/h3-4H,5H2,1-2H3,(H,14,15). The smallest absolute Gasteiger partial charge is 0.318 e. The number of benzene rings is 1. The number of carboxylic acid groups (broad SMARTS) is 1. The molecule has 0 saturated heterocycles. The summed E-state index contributed by atoms with van der Waals surface area (Å²) in [6.45, 7) is -0.678. The van der Waals surface area contributed by atoms with Crippen LogP contribution in [0.15, 0.2) is 17.0 Å². The predicted molar refractivity (Wildman–Crippen MR) is 70.5 cm³/mol. The number of ether oxygens (including phenoxy) is 1. The van der Waals surface area contributed by atoms with Crippen molar-refractivity contribution < 1.29 is 23.1 Å². The first-order chi connectivity index (χ1) is 8.70. The summed E-state index contributed by atoms with van der Waals surface area (Å²) in [4.78, 5) is 10.3. The molecule has 0 unspecified atom stereocenters. The molecular formula is C10H11Cl2NO5S. The maximum Gasteiger partial charge on any atom is 0.318 e. The fraction of sp³-hybridized carbons (Fsp3) is 0.300. The Bertz CT molecular complexity index is 602. The van der Waals surface area contributed by atoms with Gasteiger partial charge in [0, 0.05) is 13.1 Å². The number of carbonyl (C=O) groups is 1. The molecule has 19 heavy (non-hydrogen) atoms. The van der Waals surface area contributed by atoms with E-state index < -0.39 is 22.5 Å². The van der Waals surface area contributed by atoms with E-state index in [4.69, 9.17) is 33.0 Å². The van der Waals surface area contributed by atoms with Crippen molar-refractivity contribution in [3.8, 4) is 5.75 Å². The van der Waals surface area contributed by atoms with E-state index in [1.54, 1.807) is 0 Å². The van der Waals surface area contributed by atoms with Crippen molar-refractivity contribution in [3.05, 3.63) is 22.2 Å². The molecule has 0 bridgehead atoms. The van der Waals surface area contributed by atoms with E-state index in [-0.39, 0.29) is 20.7 Å². The summed E-state index contributed by atoms with van der Waals surface area (Å²) in [7, 11) is -1.53. The lowest BCUT2D eigenvalue weighted by atomic mass is 10.3. The third kappa shape index (κ3) is 3.50. The molecule has 0 aliphatic heterocycles. The van der Waals surface area contributed by atoms with Gasteiger partial charge in [0.05, 0.1) is 17.2 Å². The topological polar surface area (TPSA) is 83.9 Å². The molecule has 0 fully saturated rings. The average molecular weight is 328 g/mol. The van der Waals surface area contributed by atoms with E-state index >= 15 is 0 Å². The van der Waals surface area contributed by atoms with Crippen molar-refractivity contribution in [1.82, 2.24) is 4.31 Å². The molecule has 0 aromatic heterocycles. The third-order valence-corrected chi connectivity index (χ3v) is 4.82. The van der Waals surface area contributed by atoms with Crippen molar-refractivity contribution in [2.75, 3.05) is 20.7 Å². The summed E-state index contributed by atoms with van der Waals surface area (Å²) in [5, 5.41) is 8.58. The summed E-state index contributed by atoms with van der Waals surface area (Å²) in [5.74, 6) is -1.05. The molecule has 1 aromatic rings. The average Bonchev–Trinajstić information content (AvgIpc) is 2.30. The minimum Gasteiger partial charge on any atom is -0.495 e. The van der Waals surface area contributed by atoms with Crippen LogP contribution in [0.2, 0.25) is 10.0 Å². The fourth-order valence-electron chi connectivity index (χ4n) is 1.31. The molecule has 0 atom stereocenters. The molecule has 1 aromatic carbocycles. The minimum atomic E-state index is -4.03. The van der Waals surface area contributed by atoms with Gasteiger partial charge in [-0.05, 0) is 6.07 Å². The Hall–Kier alpha value is -1.02. The van der Waals surface area contributed by atoms with Crippen molar-refractivity contribution in [3.63, 3.8) is 0 Å². The maximum absolute atomic E-state index is 12.1. The van der Waals surface area contributed by atoms with Gasteiger partial charge < -0.3 is 9.84 Å². The predicted octanol–water partition coefficient (Wildman–Crippen LogP) is 1.71. The van der Waals surface area contributed by atoms with Crippen LogP contribution in [-0.4, -0.2) is 44.5 Å². The minimum absolute atomic E-state index is 0.0641. The molecule has 6 nitrogen and oxygen atoms in total. The lowest BCUT2D eigenvalue weighted by molar-refractivity contribution is -0.137. The first-order valence-corrected chi connectivity index (χ1v) is 7.11. The Morgan fingerprint density at radius 1 is 1.37 bits per heavy atom. The molecule has 0 aliphatic carbocycles. The molecule has 0 heterocycles. The van der Waals surface area contributed by atoms with Crippen molar-refractivity contribution in [2.24, 2.45) is 0 Å². The largest absolute Gasteiger partial charge is 0.495 e. The highest BCUT2D eigenvalue weighted by atomic mass is 35.5. The number of rotatable bonds is 5. The fourth-order valence-corrected chi connectivity index (χ4v) is 3.25. The summed E-state index contributed by atoms with van der Waals surface area (Å²) >= 11 is 11.7. The van der Waals surface area contributed by atoms with Crippen LogP contribution in [0.5, 0.6) is 5.75 Å². The Balaban J connectivity index is 3.29. The van der Waals surface area contributed by atoms with Gasteiger partial charge in [0.1, 0.15) is 17.2 Å². The van der Waals surface area contributed by atoms with E-state index in [0.717, 1.165) is 13.1 Å². The van der Waals surface area contributed by atoms with E-state index in [9.17, 15) is 13.2 Å². The number of nitrogens with zero attached hydrogens (tertiary/aromatic N) is 1. The summed E-state index contributed by atoms with van der Waals surface area (Å²) in [6.07, 6.45) is 0. The second-order valence-electron chi connectivity index (χ2n) is 3.57. The van der Waals surface area contributed by atoms with Gasteiger partial charge in [-0.2, -0.15) is 4.31 Å². The number of hydrogen-bond acceptors (Lipinski definition) is 4. The third-order valence-electron chi connectivity index (χ3n) is 2.25. The molecule has 1 rings (SSSR count). The van der Waals surface area contributed by atoms with Crippen LogP contribution in [0.25, 0.3) is 0 Å². The Morgan fingerprint density at radius 3 is 2.42 bits per heavy atom. The molecule has 0 radical (unpaired) electrons. The monoisotopic (exact) mass is 327 g/mol. The van der Waals surface area contributed by atoms with Crippen molar-refractivity contribution in [1.29, 1.82) is 0 Å². The second kappa shape index (κ2) is 5.96. The molecule has 0 aliphatic rings. The van der Waals surface area contributed by atoms with E-state index in [2.05, 4.69) is 0 Å². The zero-order valence-corrected chi connectivity index (χ0v) is 12.4. The number of sulfonamides is 1. The molecule has 1 N–H and O–H groups in total. The number of likely N-dealkylation sites (N-methyl/N-ethyl adjacent to an activating group) is 1. The number of methoxy groups -OCH3 is 1. The summed E-state index contributed by atoms with van der Waals surface area (Å²) in [6, 6.07) is 2.38. The Labute approximate surface area is 120 Å². The zero-order valence-electron chi connectivity index (χ0n) is 10.1. The number of hydrogen-bond donors (Lipinski definition) is 1. The van der Waals surface area contributed by atoms with Gasteiger partial charge in [-0.25, -0.2) is 8.42 Å². The van der Waals surface area contributed by atoms with Gasteiger partial charge in [-0.15, -0.1) is 0 Å². The second-order valence-corrected chi connectivity index (χ2v) is 6.40. The van der Waals surface area contributed by atoms with Gasteiger partial charge in [0.25, 0.3) is 0 Å². The lowest BCUT2D eigenvalue weighted by Crippen LogP contribution is -2.32. The molecule has 0 spiro atoms. The Morgan fingerprint density at radius 2 is 1.95 bits per heavy atom. The highest BCUT2D eigenvalue weighted by Gasteiger charge is 2.26. The van der Waals surface area contributed by atoms with Crippen LogP contribution >= 0.6 is 23.2 Å². The van der Waals surface area contributed by atoms with E-state index in [0.29, 0.717) is 4.31 Å². The molecule has 9 heteroatoms. The highest BCUT2D eigenvalue weighted by Crippen LogP contribution is 2.34.